The molecule has 21 heavy (non-hydrogen) atoms. The van der Waals surface area contributed by atoms with Crippen molar-refractivity contribution < 1.29 is 9.53 Å². The number of pyridine rings is 1. The summed E-state index contributed by atoms with van der Waals surface area (Å²) in [6, 6.07) is 13.0. The van der Waals surface area contributed by atoms with Crippen molar-refractivity contribution in [1.82, 2.24) is 10.3 Å². The summed E-state index contributed by atoms with van der Waals surface area (Å²) >= 11 is 0. The van der Waals surface area contributed by atoms with Crippen LogP contribution in [0.25, 0.3) is 0 Å². The first kappa shape index (κ1) is 15.2. The summed E-state index contributed by atoms with van der Waals surface area (Å²) in [5.74, 6) is -0.260. The highest BCUT2D eigenvalue weighted by Crippen LogP contribution is 2.20. The number of hydrogen-bond donors (Lipinski definition) is 1. The smallest absolute Gasteiger partial charge is 0.327 e. The van der Waals surface area contributed by atoms with Crippen LogP contribution in [0.2, 0.25) is 0 Å². The molecule has 0 radical (unpaired) electrons. The van der Waals surface area contributed by atoms with E-state index in [-0.39, 0.29) is 12.0 Å². The lowest BCUT2D eigenvalue weighted by atomic mass is 10.0. The average molecular weight is 284 g/mol. The molecule has 0 bridgehead atoms. The van der Waals surface area contributed by atoms with Crippen LogP contribution in [-0.2, 0) is 9.53 Å². The highest BCUT2D eigenvalue weighted by atomic mass is 16.5. The number of nitrogens with one attached hydrogen (secondary N) is 1. The Kier molecular flexibility index (Phi) is 5.46. The van der Waals surface area contributed by atoms with Gasteiger partial charge >= 0.3 is 5.97 Å². The molecule has 1 aromatic heterocycles. The summed E-state index contributed by atoms with van der Waals surface area (Å²) in [6.45, 7) is 4.20. The molecule has 1 N–H and O–H groups in total. The van der Waals surface area contributed by atoms with E-state index in [2.05, 4.69) is 10.3 Å². The molecule has 2 atom stereocenters. The summed E-state index contributed by atoms with van der Waals surface area (Å²) in [5, 5.41) is 3.33. The van der Waals surface area contributed by atoms with Crippen LogP contribution < -0.4 is 5.32 Å². The van der Waals surface area contributed by atoms with E-state index in [1.165, 1.54) is 0 Å². The van der Waals surface area contributed by atoms with E-state index in [0.29, 0.717) is 6.61 Å². The molecule has 2 unspecified atom stereocenters. The van der Waals surface area contributed by atoms with Crippen molar-refractivity contribution in [2.45, 2.75) is 25.9 Å². The number of nitrogens with zero attached hydrogens (tertiary/aromatic N) is 1. The minimum Gasteiger partial charge on any atom is -0.465 e. The first-order valence-electron chi connectivity index (χ1n) is 7.10. The largest absolute Gasteiger partial charge is 0.465 e. The maximum absolute atomic E-state index is 12.2. The van der Waals surface area contributed by atoms with Gasteiger partial charge in [0.2, 0.25) is 0 Å². The fourth-order valence-corrected chi connectivity index (χ4v) is 2.17. The summed E-state index contributed by atoms with van der Waals surface area (Å²) in [4.78, 5) is 16.2. The molecule has 2 rings (SSSR count). The molecule has 0 aliphatic rings. The lowest BCUT2D eigenvalue weighted by Crippen LogP contribution is -2.32. The minimum absolute atomic E-state index is 0.0163. The second-order valence-electron chi connectivity index (χ2n) is 4.76. The normalized spacial score (nSPS) is 13.4. The van der Waals surface area contributed by atoms with Crippen molar-refractivity contribution in [2.24, 2.45) is 0 Å². The quantitative estimate of drug-likeness (QED) is 0.828. The molecular formula is C17H20N2O2. The molecule has 4 nitrogen and oxygen atoms in total. The Morgan fingerprint density at radius 2 is 1.81 bits per heavy atom. The van der Waals surface area contributed by atoms with Gasteiger partial charge in [0.25, 0.3) is 0 Å². The predicted molar refractivity (Wildman–Crippen MR) is 81.6 cm³/mol. The van der Waals surface area contributed by atoms with Crippen LogP contribution in [0, 0.1) is 0 Å². The molecule has 0 amide bonds. The highest BCUT2D eigenvalue weighted by molar-refractivity contribution is 5.77. The lowest BCUT2D eigenvalue weighted by molar-refractivity contribution is -0.146. The van der Waals surface area contributed by atoms with E-state index in [9.17, 15) is 4.79 Å². The summed E-state index contributed by atoms with van der Waals surface area (Å²) < 4.78 is 5.18. The average Bonchev–Trinajstić information content (AvgIpc) is 2.54. The van der Waals surface area contributed by atoms with E-state index in [1.807, 2.05) is 56.3 Å². The summed E-state index contributed by atoms with van der Waals surface area (Å²) in [7, 11) is 0. The topological polar surface area (TPSA) is 51.2 Å². The number of hydrogen-bond acceptors (Lipinski definition) is 4. The van der Waals surface area contributed by atoms with Crippen molar-refractivity contribution in [1.29, 1.82) is 0 Å². The van der Waals surface area contributed by atoms with Crippen LogP contribution in [0.15, 0.2) is 54.9 Å². The molecule has 1 heterocycles. The van der Waals surface area contributed by atoms with Gasteiger partial charge in [-0.25, -0.2) is 4.79 Å². The maximum atomic E-state index is 12.2. The van der Waals surface area contributed by atoms with Gasteiger partial charge in [0.05, 0.1) is 6.61 Å². The molecule has 110 valence electrons. The van der Waals surface area contributed by atoms with Crippen LogP contribution in [0.4, 0.5) is 0 Å². The molecule has 0 spiro atoms. The van der Waals surface area contributed by atoms with Gasteiger partial charge in [0, 0.05) is 18.4 Å². The molecule has 0 aliphatic carbocycles. The van der Waals surface area contributed by atoms with Gasteiger partial charge in [-0.3, -0.25) is 10.3 Å². The van der Waals surface area contributed by atoms with E-state index in [1.54, 1.807) is 12.4 Å². The Morgan fingerprint density at radius 3 is 2.43 bits per heavy atom. The first-order valence-corrected chi connectivity index (χ1v) is 7.10. The number of rotatable bonds is 6. The van der Waals surface area contributed by atoms with Crippen LogP contribution in [-0.4, -0.2) is 17.6 Å². The van der Waals surface area contributed by atoms with E-state index < -0.39 is 6.04 Å². The Morgan fingerprint density at radius 1 is 1.14 bits per heavy atom. The molecule has 0 aliphatic heterocycles. The molecule has 0 saturated heterocycles. The monoisotopic (exact) mass is 284 g/mol. The van der Waals surface area contributed by atoms with Gasteiger partial charge in [0.15, 0.2) is 0 Å². The highest BCUT2D eigenvalue weighted by Gasteiger charge is 2.23. The first-order chi connectivity index (χ1) is 10.2. The van der Waals surface area contributed by atoms with Crippen LogP contribution >= 0.6 is 0 Å². The maximum Gasteiger partial charge on any atom is 0.327 e. The third-order valence-corrected chi connectivity index (χ3v) is 3.28. The van der Waals surface area contributed by atoms with Crippen molar-refractivity contribution in [3.8, 4) is 0 Å². The Balaban J connectivity index is 2.18. The minimum atomic E-state index is -0.477. The third kappa shape index (κ3) is 4.13. The van der Waals surface area contributed by atoms with Crippen molar-refractivity contribution in [3.05, 3.63) is 66.0 Å². The van der Waals surface area contributed by atoms with Gasteiger partial charge < -0.3 is 4.74 Å². The standard InChI is InChI=1S/C17H20N2O2/c1-3-21-17(20)16(15-7-5-4-6-8-15)19-13(2)14-9-11-18-12-10-14/h4-13,16,19H,3H2,1-2H3. The lowest BCUT2D eigenvalue weighted by Gasteiger charge is -2.22. The van der Waals surface area contributed by atoms with Crippen molar-refractivity contribution in [3.63, 3.8) is 0 Å². The Hall–Kier alpha value is -2.20. The van der Waals surface area contributed by atoms with Crippen LogP contribution in [0.5, 0.6) is 0 Å². The molecule has 0 fully saturated rings. The Bertz CT molecular complexity index is 558. The second-order valence-corrected chi connectivity index (χ2v) is 4.76. The number of benzene rings is 1. The molecule has 2 aromatic rings. The number of esters is 1. The van der Waals surface area contributed by atoms with Crippen molar-refractivity contribution in [2.75, 3.05) is 6.61 Å². The van der Waals surface area contributed by atoms with Gasteiger partial charge in [-0.05, 0) is 37.1 Å². The van der Waals surface area contributed by atoms with Gasteiger partial charge in [-0.15, -0.1) is 0 Å². The zero-order chi connectivity index (χ0) is 15.1. The van der Waals surface area contributed by atoms with Crippen molar-refractivity contribution >= 4 is 5.97 Å². The number of aromatic nitrogens is 1. The fraction of sp³-hybridized carbons (Fsp3) is 0.294. The third-order valence-electron chi connectivity index (χ3n) is 3.28. The predicted octanol–water partition coefficient (Wildman–Crippen LogP) is 3.04. The van der Waals surface area contributed by atoms with E-state index in [0.717, 1.165) is 11.1 Å². The van der Waals surface area contributed by atoms with Crippen LogP contribution in [0.1, 0.15) is 37.1 Å². The second kappa shape index (κ2) is 7.55. The van der Waals surface area contributed by atoms with Gasteiger partial charge in [-0.1, -0.05) is 30.3 Å². The van der Waals surface area contributed by atoms with Gasteiger partial charge in [-0.2, -0.15) is 0 Å². The van der Waals surface area contributed by atoms with E-state index in [4.69, 9.17) is 4.74 Å². The zero-order valence-corrected chi connectivity index (χ0v) is 12.3. The summed E-state index contributed by atoms with van der Waals surface area (Å²) in [5.41, 5.74) is 1.98. The molecular weight excluding hydrogens is 264 g/mol. The molecule has 1 aromatic carbocycles. The SMILES string of the molecule is CCOC(=O)C(NC(C)c1ccncc1)c1ccccc1. The van der Waals surface area contributed by atoms with E-state index >= 15 is 0 Å². The summed E-state index contributed by atoms with van der Waals surface area (Å²) in [6.07, 6.45) is 3.49. The van der Waals surface area contributed by atoms with Gasteiger partial charge in [0.1, 0.15) is 6.04 Å². The number of carbonyl (C=O) groups excluding carboxylic acids is 1. The fourth-order valence-electron chi connectivity index (χ4n) is 2.17. The molecule has 4 heteroatoms. The number of ether oxygens (including phenoxy) is 1. The molecule has 0 saturated carbocycles. The van der Waals surface area contributed by atoms with Crippen LogP contribution in [0.3, 0.4) is 0 Å². The Labute approximate surface area is 125 Å². The zero-order valence-electron chi connectivity index (χ0n) is 12.3. The number of carbonyl (C=O) groups is 1.